The average molecular weight is 326 g/mol. The third-order valence-corrected chi connectivity index (χ3v) is 3.02. The van der Waals surface area contributed by atoms with Crippen LogP contribution in [0.1, 0.15) is 24.3 Å². The molecule has 0 radical (unpaired) electrons. The van der Waals surface area contributed by atoms with Gasteiger partial charge in [-0.05, 0) is 53.3 Å². The number of carbonyl (C=O) groups excluding carboxylic acids is 1. The van der Waals surface area contributed by atoms with Gasteiger partial charge in [0.15, 0.2) is 0 Å². The minimum atomic E-state index is -0.0845. The van der Waals surface area contributed by atoms with E-state index in [0.29, 0.717) is 0 Å². The van der Waals surface area contributed by atoms with Crippen molar-refractivity contribution in [2.75, 3.05) is 0 Å². The Kier molecular flexibility index (Phi) is 2.84. The van der Waals surface area contributed by atoms with Gasteiger partial charge in [0.05, 0.1) is 11.2 Å². The third kappa shape index (κ3) is 1.77. The highest BCUT2D eigenvalue weighted by Crippen LogP contribution is 2.25. The van der Waals surface area contributed by atoms with Crippen molar-refractivity contribution in [3.8, 4) is 0 Å². The maximum atomic E-state index is 11.4. The summed E-state index contributed by atoms with van der Waals surface area (Å²) < 4.78 is 2.55. The smallest absolute Gasteiger partial charge is 0.244 e. The first-order valence-electron chi connectivity index (χ1n) is 4.86. The van der Waals surface area contributed by atoms with Gasteiger partial charge in [0.2, 0.25) is 5.91 Å². The molecular formula is C12H11IN2O. The van der Waals surface area contributed by atoms with Gasteiger partial charge in [0, 0.05) is 15.9 Å². The first-order valence-corrected chi connectivity index (χ1v) is 5.93. The molecule has 0 N–H and O–H groups in total. The van der Waals surface area contributed by atoms with E-state index >= 15 is 0 Å². The minimum Gasteiger partial charge on any atom is -0.273 e. The fourth-order valence-electron chi connectivity index (χ4n) is 1.65. The van der Waals surface area contributed by atoms with Gasteiger partial charge in [-0.2, -0.15) is 9.78 Å². The lowest BCUT2D eigenvalue weighted by Gasteiger charge is -1.96. The Labute approximate surface area is 107 Å². The minimum absolute atomic E-state index is 0.0845. The Bertz CT molecular complexity index is 598. The summed E-state index contributed by atoms with van der Waals surface area (Å²) in [6.07, 6.45) is 0. The van der Waals surface area contributed by atoms with Crippen LogP contribution in [0, 0.1) is 3.57 Å². The summed E-state index contributed by atoms with van der Waals surface area (Å²) in [6, 6.07) is 5.90. The van der Waals surface area contributed by atoms with Gasteiger partial charge in [-0.25, -0.2) is 0 Å². The van der Waals surface area contributed by atoms with Crippen LogP contribution in [0.4, 0.5) is 0 Å². The van der Waals surface area contributed by atoms with Crippen LogP contribution in [0.15, 0.2) is 24.8 Å². The van der Waals surface area contributed by atoms with Gasteiger partial charge in [0.25, 0.3) is 0 Å². The molecule has 0 amide bonds. The van der Waals surface area contributed by atoms with Gasteiger partial charge in [-0.15, -0.1) is 0 Å². The molecule has 0 atom stereocenters. The molecule has 82 valence electrons. The Hall–Kier alpha value is -1.17. The zero-order valence-corrected chi connectivity index (χ0v) is 11.3. The molecule has 0 aliphatic heterocycles. The van der Waals surface area contributed by atoms with E-state index in [4.69, 9.17) is 0 Å². The SMILES string of the molecule is C=C(C)c1nn(C(C)=O)c2ccc(I)cc12. The molecule has 0 fully saturated rings. The van der Waals surface area contributed by atoms with E-state index in [1.54, 1.807) is 0 Å². The maximum Gasteiger partial charge on any atom is 0.244 e. The third-order valence-electron chi connectivity index (χ3n) is 2.34. The van der Waals surface area contributed by atoms with Crippen LogP contribution in [0.3, 0.4) is 0 Å². The van der Waals surface area contributed by atoms with Gasteiger partial charge in [0.1, 0.15) is 0 Å². The van der Waals surface area contributed by atoms with Crippen molar-refractivity contribution in [3.63, 3.8) is 0 Å². The van der Waals surface area contributed by atoms with Crippen LogP contribution in [-0.4, -0.2) is 15.7 Å². The molecule has 0 saturated heterocycles. The number of hydrogen-bond donors (Lipinski definition) is 0. The van der Waals surface area contributed by atoms with E-state index in [-0.39, 0.29) is 5.91 Å². The van der Waals surface area contributed by atoms with Crippen molar-refractivity contribution in [1.29, 1.82) is 0 Å². The molecule has 0 aliphatic rings. The normalized spacial score (nSPS) is 10.7. The number of hydrogen-bond acceptors (Lipinski definition) is 2. The molecule has 1 aromatic carbocycles. The number of allylic oxidation sites excluding steroid dienone is 1. The van der Waals surface area contributed by atoms with Crippen LogP contribution in [-0.2, 0) is 0 Å². The predicted octanol–water partition coefficient (Wildman–Crippen LogP) is 3.33. The number of nitrogens with zero attached hydrogens (tertiary/aromatic N) is 2. The first kappa shape index (κ1) is 11.3. The van der Waals surface area contributed by atoms with Crippen molar-refractivity contribution in [2.45, 2.75) is 13.8 Å². The van der Waals surface area contributed by atoms with Crippen molar-refractivity contribution in [3.05, 3.63) is 34.0 Å². The lowest BCUT2D eigenvalue weighted by Crippen LogP contribution is -2.07. The Morgan fingerprint density at radius 1 is 1.44 bits per heavy atom. The highest BCUT2D eigenvalue weighted by Gasteiger charge is 2.13. The van der Waals surface area contributed by atoms with Crippen molar-refractivity contribution in [2.24, 2.45) is 0 Å². The summed E-state index contributed by atoms with van der Waals surface area (Å²) >= 11 is 2.24. The Morgan fingerprint density at radius 3 is 2.69 bits per heavy atom. The second-order valence-corrected chi connectivity index (χ2v) is 4.97. The average Bonchev–Trinajstić information content (AvgIpc) is 2.56. The number of carbonyl (C=O) groups is 1. The number of fused-ring (bicyclic) bond motifs is 1. The highest BCUT2D eigenvalue weighted by molar-refractivity contribution is 14.1. The first-order chi connectivity index (χ1) is 7.50. The van der Waals surface area contributed by atoms with Crippen LogP contribution in [0.25, 0.3) is 16.5 Å². The lowest BCUT2D eigenvalue weighted by atomic mass is 10.1. The van der Waals surface area contributed by atoms with Gasteiger partial charge in [-0.3, -0.25) is 4.79 Å². The number of benzene rings is 1. The predicted molar refractivity (Wildman–Crippen MR) is 73.5 cm³/mol. The van der Waals surface area contributed by atoms with E-state index in [2.05, 4.69) is 34.3 Å². The van der Waals surface area contributed by atoms with Crippen molar-refractivity contribution >= 4 is 45.0 Å². The van der Waals surface area contributed by atoms with E-state index in [9.17, 15) is 4.79 Å². The number of aromatic nitrogens is 2. The van der Waals surface area contributed by atoms with E-state index < -0.39 is 0 Å². The van der Waals surface area contributed by atoms with Crippen LogP contribution < -0.4 is 0 Å². The van der Waals surface area contributed by atoms with E-state index in [1.165, 1.54) is 11.6 Å². The lowest BCUT2D eigenvalue weighted by molar-refractivity contribution is 0.0926. The summed E-state index contributed by atoms with van der Waals surface area (Å²) in [5.41, 5.74) is 2.50. The van der Waals surface area contributed by atoms with Crippen LogP contribution >= 0.6 is 22.6 Å². The second-order valence-electron chi connectivity index (χ2n) is 3.72. The zero-order chi connectivity index (χ0) is 11.9. The molecule has 2 aromatic rings. The molecule has 0 bridgehead atoms. The molecule has 3 nitrogen and oxygen atoms in total. The molecule has 4 heteroatoms. The second kappa shape index (κ2) is 4.01. The summed E-state index contributed by atoms with van der Waals surface area (Å²) in [6.45, 7) is 7.29. The summed E-state index contributed by atoms with van der Waals surface area (Å²) in [5, 5.41) is 5.27. The van der Waals surface area contributed by atoms with Gasteiger partial charge in [-0.1, -0.05) is 6.58 Å². The highest BCUT2D eigenvalue weighted by atomic mass is 127. The van der Waals surface area contributed by atoms with Crippen molar-refractivity contribution < 1.29 is 4.79 Å². The zero-order valence-electron chi connectivity index (χ0n) is 9.12. The maximum absolute atomic E-state index is 11.4. The van der Waals surface area contributed by atoms with E-state index in [1.807, 2.05) is 25.1 Å². The standard InChI is InChI=1S/C12H11IN2O/c1-7(2)12-10-6-9(13)4-5-11(10)15(14-12)8(3)16/h4-6H,1H2,2-3H3. The largest absolute Gasteiger partial charge is 0.273 e. The molecule has 1 aromatic heterocycles. The molecule has 0 unspecified atom stereocenters. The summed E-state index contributed by atoms with van der Waals surface area (Å²) in [7, 11) is 0. The topological polar surface area (TPSA) is 34.9 Å². The van der Waals surface area contributed by atoms with Gasteiger partial charge < -0.3 is 0 Å². The van der Waals surface area contributed by atoms with E-state index in [0.717, 1.165) is 25.7 Å². The fourth-order valence-corrected chi connectivity index (χ4v) is 2.14. The number of rotatable bonds is 1. The monoisotopic (exact) mass is 326 g/mol. The molecular weight excluding hydrogens is 315 g/mol. The van der Waals surface area contributed by atoms with Crippen molar-refractivity contribution in [1.82, 2.24) is 9.78 Å². The fraction of sp³-hybridized carbons (Fsp3) is 0.167. The molecule has 16 heavy (non-hydrogen) atoms. The van der Waals surface area contributed by atoms with Gasteiger partial charge >= 0.3 is 0 Å². The molecule has 0 spiro atoms. The molecule has 2 rings (SSSR count). The summed E-state index contributed by atoms with van der Waals surface area (Å²) in [4.78, 5) is 11.4. The summed E-state index contributed by atoms with van der Waals surface area (Å²) in [5.74, 6) is -0.0845. The quantitative estimate of drug-likeness (QED) is 0.754. The molecule has 1 heterocycles. The molecule has 0 saturated carbocycles. The Balaban J connectivity index is 2.87. The molecule has 0 aliphatic carbocycles. The van der Waals surface area contributed by atoms with Crippen LogP contribution in [0.2, 0.25) is 0 Å². The Morgan fingerprint density at radius 2 is 2.12 bits per heavy atom. The number of halogens is 1. The van der Waals surface area contributed by atoms with Crippen LogP contribution in [0.5, 0.6) is 0 Å².